The Morgan fingerprint density at radius 1 is 1.33 bits per heavy atom. The molecule has 0 fully saturated rings. The first-order chi connectivity index (χ1) is 8.62. The van der Waals surface area contributed by atoms with Crippen LogP contribution in [0.3, 0.4) is 0 Å². The maximum atomic E-state index is 10.1. The Labute approximate surface area is 117 Å². The molecule has 4 heteroatoms. The molecule has 0 aliphatic rings. The van der Waals surface area contributed by atoms with Gasteiger partial charge in [0.2, 0.25) is 0 Å². The van der Waals surface area contributed by atoms with Crippen molar-refractivity contribution in [2.24, 2.45) is 0 Å². The largest absolute Gasteiger partial charge is 0.496 e. The van der Waals surface area contributed by atoms with E-state index in [0.29, 0.717) is 6.42 Å². The van der Waals surface area contributed by atoms with Crippen molar-refractivity contribution in [2.75, 3.05) is 14.2 Å². The minimum atomic E-state index is -0.477. The second kappa shape index (κ2) is 7.77. The van der Waals surface area contributed by atoms with Crippen molar-refractivity contribution >= 4 is 15.9 Å². The topological polar surface area (TPSA) is 38.7 Å². The van der Waals surface area contributed by atoms with Crippen LogP contribution in [0.15, 0.2) is 22.7 Å². The standard InChI is InChI=1S/C14H21BrO3/c1-4-5-14(18-3)12(16)9-10-6-7-13(17-2)11(15)8-10/h6-8,12,14,16H,4-5,9H2,1-3H3. The lowest BCUT2D eigenvalue weighted by Crippen LogP contribution is -2.29. The Balaban J connectivity index is 2.68. The van der Waals surface area contributed by atoms with E-state index >= 15 is 0 Å². The molecule has 0 aliphatic heterocycles. The van der Waals surface area contributed by atoms with E-state index in [1.165, 1.54) is 0 Å². The quantitative estimate of drug-likeness (QED) is 0.839. The minimum Gasteiger partial charge on any atom is -0.496 e. The predicted octanol–water partition coefficient (Wildman–Crippen LogP) is 3.18. The number of benzene rings is 1. The number of methoxy groups -OCH3 is 2. The third-order valence-corrected chi connectivity index (χ3v) is 3.59. The number of hydrogen-bond donors (Lipinski definition) is 1. The number of ether oxygens (including phenoxy) is 2. The second-order valence-corrected chi connectivity index (χ2v) is 5.16. The molecule has 0 heterocycles. The average Bonchev–Trinajstić information content (AvgIpc) is 2.36. The summed E-state index contributed by atoms with van der Waals surface area (Å²) in [5.74, 6) is 0.796. The molecule has 102 valence electrons. The van der Waals surface area contributed by atoms with Gasteiger partial charge in [-0.1, -0.05) is 19.4 Å². The maximum absolute atomic E-state index is 10.1. The smallest absolute Gasteiger partial charge is 0.133 e. The van der Waals surface area contributed by atoms with E-state index < -0.39 is 6.10 Å². The molecule has 0 radical (unpaired) electrons. The van der Waals surface area contributed by atoms with Gasteiger partial charge in [-0.05, 0) is 40.0 Å². The van der Waals surface area contributed by atoms with Gasteiger partial charge in [-0.2, -0.15) is 0 Å². The number of halogens is 1. The van der Waals surface area contributed by atoms with Crippen LogP contribution in [0.25, 0.3) is 0 Å². The lowest BCUT2D eigenvalue weighted by molar-refractivity contribution is -0.0159. The Morgan fingerprint density at radius 2 is 2.06 bits per heavy atom. The fourth-order valence-corrected chi connectivity index (χ4v) is 2.55. The van der Waals surface area contributed by atoms with Gasteiger partial charge in [-0.15, -0.1) is 0 Å². The first-order valence-electron chi connectivity index (χ1n) is 6.15. The van der Waals surface area contributed by atoms with Gasteiger partial charge in [0, 0.05) is 13.5 Å². The highest BCUT2D eigenvalue weighted by atomic mass is 79.9. The molecule has 1 aromatic carbocycles. The molecular formula is C14H21BrO3. The zero-order chi connectivity index (χ0) is 13.5. The van der Waals surface area contributed by atoms with Gasteiger partial charge in [0.15, 0.2) is 0 Å². The van der Waals surface area contributed by atoms with Crippen molar-refractivity contribution < 1.29 is 14.6 Å². The summed E-state index contributed by atoms with van der Waals surface area (Å²) in [5.41, 5.74) is 1.06. The summed E-state index contributed by atoms with van der Waals surface area (Å²) in [6, 6.07) is 5.83. The molecule has 2 atom stereocenters. The molecule has 0 amide bonds. The van der Waals surface area contributed by atoms with Crippen molar-refractivity contribution in [3.05, 3.63) is 28.2 Å². The van der Waals surface area contributed by atoms with E-state index in [-0.39, 0.29) is 6.10 Å². The van der Waals surface area contributed by atoms with Gasteiger partial charge in [0.1, 0.15) is 5.75 Å². The van der Waals surface area contributed by atoms with Crippen LogP contribution in [0.1, 0.15) is 25.3 Å². The van der Waals surface area contributed by atoms with E-state index in [1.54, 1.807) is 14.2 Å². The van der Waals surface area contributed by atoms with Crippen LogP contribution in [0, 0.1) is 0 Å². The Morgan fingerprint density at radius 3 is 2.56 bits per heavy atom. The molecule has 3 nitrogen and oxygen atoms in total. The lowest BCUT2D eigenvalue weighted by Gasteiger charge is -2.21. The van der Waals surface area contributed by atoms with Crippen LogP contribution in [0.2, 0.25) is 0 Å². The molecule has 1 rings (SSSR count). The normalized spacial score (nSPS) is 14.3. The number of rotatable bonds is 7. The van der Waals surface area contributed by atoms with Gasteiger partial charge in [-0.3, -0.25) is 0 Å². The highest BCUT2D eigenvalue weighted by Crippen LogP contribution is 2.26. The van der Waals surface area contributed by atoms with Gasteiger partial charge >= 0.3 is 0 Å². The van der Waals surface area contributed by atoms with Crippen LogP contribution in [0.4, 0.5) is 0 Å². The van der Waals surface area contributed by atoms with E-state index in [2.05, 4.69) is 22.9 Å². The fourth-order valence-electron chi connectivity index (χ4n) is 1.96. The van der Waals surface area contributed by atoms with Gasteiger partial charge in [-0.25, -0.2) is 0 Å². The summed E-state index contributed by atoms with van der Waals surface area (Å²) >= 11 is 3.44. The SMILES string of the molecule is CCCC(OC)C(O)Cc1ccc(OC)c(Br)c1. The maximum Gasteiger partial charge on any atom is 0.133 e. The number of aliphatic hydroxyl groups is 1. The van der Waals surface area contributed by atoms with Gasteiger partial charge < -0.3 is 14.6 Å². The monoisotopic (exact) mass is 316 g/mol. The first-order valence-corrected chi connectivity index (χ1v) is 6.95. The average molecular weight is 317 g/mol. The van der Waals surface area contributed by atoms with E-state index in [1.807, 2.05) is 18.2 Å². The second-order valence-electron chi connectivity index (χ2n) is 4.30. The summed E-state index contributed by atoms with van der Waals surface area (Å²) in [6.45, 7) is 2.09. The molecule has 0 saturated carbocycles. The summed E-state index contributed by atoms with van der Waals surface area (Å²) in [7, 11) is 3.28. The molecule has 2 unspecified atom stereocenters. The first kappa shape index (κ1) is 15.5. The third-order valence-electron chi connectivity index (χ3n) is 2.97. The van der Waals surface area contributed by atoms with Gasteiger partial charge in [0.25, 0.3) is 0 Å². The summed E-state index contributed by atoms with van der Waals surface area (Å²) in [4.78, 5) is 0. The van der Waals surface area contributed by atoms with Crippen molar-refractivity contribution in [1.82, 2.24) is 0 Å². The molecule has 0 aromatic heterocycles. The van der Waals surface area contributed by atoms with Crippen molar-refractivity contribution in [3.8, 4) is 5.75 Å². The predicted molar refractivity (Wildman–Crippen MR) is 76.1 cm³/mol. The highest BCUT2D eigenvalue weighted by Gasteiger charge is 2.18. The number of hydrogen-bond acceptors (Lipinski definition) is 3. The Bertz CT molecular complexity index is 368. The van der Waals surface area contributed by atoms with Gasteiger partial charge in [0.05, 0.1) is 23.8 Å². The lowest BCUT2D eigenvalue weighted by atomic mass is 10.0. The van der Waals surface area contributed by atoms with E-state index in [9.17, 15) is 5.11 Å². The van der Waals surface area contributed by atoms with Crippen LogP contribution in [-0.4, -0.2) is 31.5 Å². The molecule has 18 heavy (non-hydrogen) atoms. The number of aliphatic hydroxyl groups excluding tert-OH is 1. The van der Waals surface area contributed by atoms with Crippen molar-refractivity contribution in [1.29, 1.82) is 0 Å². The van der Waals surface area contributed by atoms with Crippen LogP contribution in [0.5, 0.6) is 5.75 Å². The van der Waals surface area contributed by atoms with Crippen molar-refractivity contribution in [3.63, 3.8) is 0 Å². The molecule has 0 aliphatic carbocycles. The summed E-state index contributed by atoms with van der Waals surface area (Å²) in [5, 5.41) is 10.1. The van der Waals surface area contributed by atoms with Crippen molar-refractivity contribution in [2.45, 2.75) is 38.4 Å². The zero-order valence-corrected chi connectivity index (χ0v) is 12.7. The van der Waals surface area contributed by atoms with Crippen LogP contribution < -0.4 is 4.74 Å². The van der Waals surface area contributed by atoms with E-state index in [0.717, 1.165) is 28.6 Å². The fraction of sp³-hybridized carbons (Fsp3) is 0.571. The molecule has 0 bridgehead atoms. The highest BCUT2D eigenvalue weighted by molar-refractivity contribution is 9.10. The van der Waals surface area contributed by atoms with Crippen LogP contribution >= 0.6 is 15.9 Å². The minimum absolute atomic E-state index is 0.101. The summed E-state index contributed by atoms with van der Waals surface area (Å²) in [6.07, 6.45) is 1.88. The Hall–Kier alpha value is -0.580. The summed E-state index contributed by atoms with van der Waals surface area (Å²) < 4.78 is 11.4. The molecule has 1 aromatic rings. The third kappa shape index (κ3) is 4.26. The molecular weight excluding hydrogens is 296 g/mol. The zero-order valence-electron chi connectivity index (χ0n) is 11.1. The molecule has 1 N–H and O–H groups in total. The van der Waals surface area contributed by atoms with E-state index in [4.69, 9.17) is 9.47 Å². The molecule has 0 saturated heterocycles. The Kier molecular flexibility index (Phi) is 6.68. The van der Waals surface area contributed by atoms with Crippen LogP contribution in [-0.2, 0) is 11.2 Å². The molecule has 0 spiro atoms.